The Hall–Kier alpha value is -4.12. The molecule has 8 nitrogen and oxygen atoms in total. The van der Waals surface area contributed by atoms with Gasteiger partial charge in [-0.1, -0.05) is 77.7 Å². The van der Waals surface area contributed by atoms with E-state index in [0.717, 1.165) is 5.56 Å². The molecule has 1 aliphatic rings. The van der Waals surface area contributed by atoms with Gasteiger partial charge >= 0.3 is 5.91 Å². The molecule has 0 saturated carbocycles. The number of carbonyl (C=O) groups excluding carboxylic acids is 2. The minimum atomic E-state index is -0.973. The van der Waals surface area contributed by atoms with Crippen LogP contribution in [0.2, 0.25) is 5.02 Å². The van der Waals surface area contributed by atoms with Gasteiger partial charge in [0.25, 0.3) is 5.78 Å². The van der Waals surface area contributed by atoms with Gasteiger partial charge in [-0.3, -0.25) is 14.5 Å². The van der Waals surface area contributed by atoms with E-state index in [2.05, 4.69) is 16.8 Å². The molecule has 0 bridgehead atoms. The first kappa shape index (κ1) is 28.4. The molecular weight excluding hydrogens is 582 g/mol. The number of hydrogen-bond donors (Lipinski definition) is 1. The SMILES string of the molecule is C=CCOc1cccc(C2/C(=C(\O)c3ccc(OC)cc3)C(=O)C(=O)N2c2nnc(SCc3ccccc3Cl)s2)c1. The summed E-state index contributed by atoms with van der Waals surface area (Å²) in [4.78, 5) is 28.3. The molecule has 1 unspecified atom stereocenters. The largest absolute Gasteiger partial charge is 0.507 e. The van der Waals surface area contributed by atoms with Crippen LogP contribution in [0.4, 0.5) is 5.13 Å². The lowest BCUT2D eigenvalue weighted by Gasteiger charge is -2.23. The quantitative estimate of drug-likeness (QED) is 0.0533. The van der Waals surface area contributed by atoms with E-state index in [0.29, 0.717) is 37.7 Å². The minimum absolute atomic E-state index is 0.0680. The van der Waals surface area contributed by atoms with E-state index in [1.54, 1.807) is 54.6 Å². The van der Waals surface area contributed by atoms with Gasteiger partial charge in [0, 0.05) is 16.3 Å². The van der Waals surface area contributed by atoms with Crippen molar-refractivity contribution in [3.8, 4) is 11.5 Å². The Kier molecular flexibility index (Phi) is 8.72. The number of aromatic nitrogens is 2. The Morgan fingerprint density at radius 2 is 1.88 bits per heavy atom. The standard InChI is InChI=1S/C30H24ClN3O5S2/c1-3-15-39-22-9-6-8-19(16-22)25-24(26(35)18-11-13-21(38-2)14-12-18)27(36)28(37)34(25)29-32-33-30(41-29)40-17-20-7-4-5-10-23(20)31/h3-14,16,25,35H,1,15,17H2,2H3/b26-24+. The first-order valence-electron chi connectivity index (χ1n) is 12.4. The summed E-state index contributed by atoms with van der Waals surface area (Å²) in [6.07, 6.45) is 1.62. The van der Waals surface area contributed by atoms with Gasteiger partial charge in [0.15, 0.2) is 4.34 Å². The summed E-state index contributed by atoms with van der Waals surface area (Å²) in [5.41, 5.74) is 1.79. The van der Waals surface area contributed by atoms with E-state index in [4.69, 9.17) is 21.1 Å². The van der Waals surface area contributed by atoms with Crippen LogP contribution in [0, 0.1) is 0 Å². The number of ketones is 1. The fourth-order valence-corrected chi connectivity index (χ4v) is 6.45. The van der Waals surface area contributed by atoms with Gasteiger partial charge < -0.3 is 14.6 Å². The smallest absolute Gasteiger partial charge is 0.301 e. The molecule has 1 N–H and O–H groups in total. The summed E-state index contributed by atoms with van der Waals surface area (Å²) in [7, 11) is 1.53. The summed E-state index contributed by atoms with van der Waals surface area (Å²) in [5, 5.41) is 20.7. The summed E-state index contributed by atoms with van der Waals surface area (Å²) < 4.78 is 11.5. The molecule has 2 heterocycles. The van der Waals surface area contributed by atoms with Crippen LogP contribution in [0.3, 0.4) is 0 Å². The summed E-state index contributed by atoms with van der Waals surface area (Å²) >= 11 is 8.89. The Balaban J connectivity index is 1.55. The van der Waals surface area contributed by atoms with Crippen molar-refractivity contribution in [3.05, 3.63) is 113 Å². The normalized spacial score (nSPS) is 16.1. The number of carbonyl (C=O) groups is 2. The lowest BCUT2D eigenvalue weighted by Crippen LogP contribution is -2.29. The zero-order chi connectivity index (χ0) is 28.9. The number of aliphatic hydroxyl groups excluding tert-OH is 1. The highest BCUT2D eigenvalue weighted by molar-refractivity contribution is 8.00. The second-order valence-corrected chi connectivity index (χ2v) is 11.4. The topological polar surface area (TPSA) is 102 Å². The van der Waals surface area contributed by atoms with E-state index in [9.17, 15) is 14.7 Å². The van der Waals surface area contributed by atoms with Crippen molar-refractivity contribution in [2.45, 2.75) is 16.1 Å². The molecule has 5 rings (SSSR count). The molecule has 1 aromatic heterocycles. The zero-order valence-electron chi connectivity index (χ0n) is 21.8. The molecule has 41 heavy (non-hydrogen) atoms. The van der Waals surface area contributed by atoms with E-state index >= 15 is 0 Å². The molecule has 3 aromatic carbocycles. The van der Waals surface area contributed by atoms with Gasteiger partial charge in [-0.15, -0.1) is 10.2 Å². The van der Waals surface area contributed by atoms with Crippen molar-refractivity contribution in [2.75, 3.05) is 18.6 Å². The summed E-state index contributed by atoms with van der Waals surface area (Å²) in [6.45, 7) is 3.95. The summed E-state index contributed by atoms with van der Waals surface area (Å²) in [6, 6.07) is 20.1. The van der Waals surface area contributed by atoms with Crippen LogP contribution >= 0.6 is 34.7 Å². The number of Topliss-reactive ketones (excluding diaryl/α,β-unsaturated/α-hetero) is 1. The first-order valence-corrected chi connectivity index (χ1v) is 14.6. The summed E-state index contributed by atoms with van der Waals surface area (Å²) in [5.74, 6) is -0.306. The van der Waals surface area contributed by atoms with Crippen molar-refractivity contribution in [3.63, 3.8) is 0 Å². The van der Waals surface area contributed by atoms with Crippen molar-refractivity contribution >= 4 is 57.3 Å². The maximum absolute atomic E-state index is 13.5. The molecule has 208 valence electrons. The first-order chi connectivity index (χ1) is 19.9. The number of amides is 1. The molecule has 1 aliphatic heterocycles. The zero-order valence-corrected chi connectivity index (χ0v) is 24.2. The average Bonchev–Trinajstić information content (AvgIpc) is 3.57. The fourth-order valence-electron chi connectivity index (χ4n) is 4.29. The molecule has 0 aliphatic carbocycles. The maximum Gasteiger partial charge on any atom is 0.301 e. The number of aliphatic hydroxyl groups is 1. The van der Waals surface area contributed by atoms with Crippen LogP contribution in [0.25, 0.3) is 5.76 Å². The fraction of sp³-hybridized carbons (Fsp3) is 0.133. The highest BCUT2D eigenvalue weighted by atomic mass is 35.5. The van der Waals surface area contributed by atoms with Crippen molar-refractivity contribution in [1.82, 2.24) is 10.2 Å². The monoisotopic (exact) mass is 605 g/mol. The number of ether oxygens (including phenoxy) is 2. The molecule has 0 spiro atoms. The van der Waals surface area contributed by atoms with Crippen molar-refractivity contribution in [2.24, 2.45) is 0 Å². The number of nitrogens with zero attached hydrogens (tertiary/aromatic N) is 3. The van der Waals surface area contributed by atoms with Crippen molar-refractivity contribution < 1.29 is 24.2 Å². The van der Waals surface area contributed by atoms with Crippen LogP contribution in [0.5, 0.6) is 11.5 Å². The molecule has 1 atom stereocenters. The number of thioether (sulfide) groups is 1. The minimum Gasteiger partial charge on any atom is -0.507 e. The van der Waals surface area contributed by atoms with Gasteiger partial charge in [-0.25, -0.2) is 0 Å². The Bertz CT molecular complexity index is 1640. The molecule has 11 heteroatoms. The van der Waals surface area contributed by atoms with Crippen LogP contribution < -0.4 is 14.4 Å². The van der Waals surface area contributed by atoms with Crippen molar-refractivity contribution in [1.29, 1.82) is 0 Å². The van der Waals surface area contributed by atoms with E-state index < -0.39 is 17.7 Å². The van der Waals surface area contributed by atoms with E-state index in [1.807, 2.05) is 24.3 Å². The second-order valence-electron chi connectivity index (χ2n) is 8.80. The van der Waals surface area contributed by atoms with Gasteiger partial charge in [0.2, 0.25) is 5.13 Å². The lowest BCUT2D eigenvalue weighted by molar-refractivity contribution is -0.132. The average molecular weight is 606 g/mol. The van der Waals surface area contributed by atoms with E-state index in [1.165, 1.54) is 35.1 Å². The van der Waals surface area contributed by atoms with Crippen LogP contribution in [-0.2, 0) is 15.3 Å². The van der Waals surface area contributed by atoms with Gasteiger partial charge in [-0.2, -0.15) is 0 Å². The third kappa shape index (κ3) is 6.00. The number of halogens is 1. The maximum atomic E-state index is 13.5. The van der Waals surface area contributed by atoms with Gasteiger partial charge in [0.1, 0.15) is 23.9 Å². The predicted octanol–water partition coefficient (Wildman–Crippen LogP) is 6.68. The Morgan fingerprint density at radius 1 is 1.10 bits per heavy atom. The molecule has 0 radical (unpaired) electrons. The third-order valence-electron chi connectivity index (χ3n) is 6.26. The van der Waals surface area contributed by atoms with Crippen LogP contribution in [-0.4, -0.2) is 40.7 Å². The predicted molar refractivity (Wildman–Crippen MR) is 161 cm³/mol. The molecule has 1 amide bonds. The highest BCUT2D eigenvalue weighted by Crippen LogP contribution is 2.44. The number of hydrogen-bond acceptors (Lipinski definition) is 9. The number of methoxy groups -OCH3 is 1. The lowest BCUT2D eigenvalue weighted by atomic mass is 9.95. The molecule has 4 aromatic rings. The highest BCUT2D eigenvalue weighted by Gasteiger charge is 2.48. The molecule has 1 fully saturated rings. The van der Waals surface area contributed by atoms with E-state index in [-0.39, 0.29) is 23.1 Å². The number of rotatable bonds is 10. The van der Waals surface area contributed by atoms with Gasteiger partial charge in [0.05, 0.1) is 18.7 Å². The van der Waals surface area contributed by atoms with Crippen LogP contribution in [0.1, 0.15) is 22.7 Å². The Labute approximate surface area is 249 Å². The van der Waals surface area contributed by atoms with Gasteiger partial charge in [-0.05, 0) is 53.6 Å². The molecule has 1 saturated heterocycles. The van der Waals surface area contributed by atoms with Crippen LogP contribution in [0.15, 0.2) is 95.4 Å². The third-order valence-corrected chi connectivity index (χ3v) is 8.73. The number of anilines is 1. The second kappa shape index (κ2) is 12.6. The Morgan fingerprint density at radius 3 is 2.61 bits per heavy atom. The molecular formula is C30H24ClN3O5S2. The number of benzene rings is 3.